The molecule has 0 spiro atoms. The fourth-order valence-corrected chi connectivity index (χ4v) is 3.62. The zero-order valence-electron chi connectivity index (χ0n) is 12.0. The molecule has 3 nitrogen and oxygen atoms in total. The molecule has 0 heterocycles. The summed E-state index contributed by atoms with van der Waals surface area (Å²) in [5, 5.41) is 3.43. The van der Waals surface area contributed by atoms with Gasteiger partial charge in [-0.05, 0) is 31.7 Å². The summed E-state index contributed by atoms with van der Waals surface area (Å²) in [6.07, 6.45) is 11.4. The van der Waals surface area contributed by atoms with Crippen molar-refractivity contribution in [2.75, 3.05) is 18.6 Å². The molecular weight excluding hydrogens is 246 g/mol. The average molecular weight is 275 g/mol. The number of nitrogens with one attached hydrogen (secondary N) is 1. The summed E-state index contributed by atoms with van der Waals surface area (Å²) in [7, 11) is -2.82. The summed E-state index contributed by atoms with van der Waals surface area (Å²) >= 11 is 0. The molecule has 0 amide bonds. The van der Waals surface area contributed by atoms with Gasteiger partial charge in [0.25, 0.3) is 0 Å². The summed E-state index contributed by atoms with van der Waals surface area (Å²) in [5.74, 6) is 1.20. The van der Waals surface area contributed by atoms with E-state index < -0.39 is 9.84 Å². The standard InChI is InChI=1S/C14H29NO2S/c1-3-15-14(11-12-18(2,16)17)10-9-13-7-5-4-6-8-13/h13-15H,3-12H2,1-2H3. The highest BCUT2D eigenvalue weighted by molar-refractivity contribution is 7.90. The normalized spacial score (nSPS) is 19.9. The lowest BCUT2D eigenvalue weighted by Crippen LogP contribution is -2.31. The Labute approximate surface area is 113 Å². The van der Waals surface area contributed by atoms with E-state index in [-0.39, 0.29) is 0 Å². The predicted octanol–water partition coefficient (Wildman–Crippen LogP) is 2.76. The van der Waals surface area contributed by atoms with Crippen LogP contribution in [0.2, 0.25) is 0 Å². The third-order valence-corrected chi connectivity index (χ3v) is 4.96. The van der Waals surface area contributed by atoms with Gasteiger partial charge in [-0.3, -0.25) is 0 Å². The van der Waals surface area contributed by atoms with E-state index in [9.17, 15) is 8.42 Å². The molecule has 1 aliphatic carbocycles. The fourth-order valence-electron chi connectivity index (χ4n) is 2.91. The molecule has 0 saturated heterocycles. The molecule has 1 saturated carbocycles. The van der Waals surface area contributed by atoms with Crippen LogP contribution in [0.5, 0.6) is 0 Å². The highest BCUT2D eigenvalue weighted by Crippen LogP contribution is 2.28. The minimum absolute atomic E-state index is 0.315. The smallest absolute Gasteiger partial charge is 0.147 e. The van der Waals surface area contributed by atoms with Crippen LogP contribution in [0.4, 0.5) is 0 Å². The maximum atomic E-state index is 11.2. The molecule has 0 aromatic rings. The lowest BCUT2D eigenvalue weighted by Gasteiger charge is -2.24. The van der Waals surface area contributed by atoms with Gasteiger partial charge in [0.05, 0.1) is 5.75 Å². The Balaban J connectivity index is 2.27. The van der Waals surface area contributed by atoms with E-state index >= 15 is 0 Å². The minimum atomic E-state index is -2.82. The van der Waals surface area contributed by atoms with Crippen molar-refractivity contribution in [2.24, 2.45) is 5.92 Å². The maximum absolute atomic E-state index is 11.2. The van der Waals surface area contributed by atoms with Crippen LogP contribution in [0.15, 0.2) is 0 Å². The van der Waals surface area contributed by atoms with Crippen molar-refractivity contribution in [3.8, 4) is 0 Å². The van der Waals surface area contributed by atoms with Crippen LogP contribution in [-0.2, 0) is 9.84 Å². The summed E-state index contributed by atoms with van der Waals surface area (Å²) in [4.78, 5) is 0. The minimum Gasteiger partial charge on any atom is -0.314 e. The Bertz CT molecular complexity index is 308. The highest BCUT2D eigenvalue weighted by Gasteiger charge is 2.17. The first kappa shape index (κ1) is 16.0. The van der Waals surface area contributed by atoms with Crippen LogP contribution in [0, 0.1) is 5.92 Å². The zero-order valence-corrected chi connectivity index (χ0v) is 12.8. The van der Waals surface area contributed by atoms with Crippen molar-refractivity contribution in [1.29, 1.82) is 0 Å². The second kappa shape index (κ2) is 8.16. The summed E-state index contributed by atoms with van der Waals surface area (Å²) in [5.41, 5.74) is 0. The lowest BCUT2D eigenvalue weighted by atomic mass is 9.85. The van der Waals surface area contributed by atoms with Gasteiger partial charge in [-0.15, -0.1) is 0 Å². The van der Waals surface area contributed by atoms with Crippen LogP contribution in [0.3, 0.4) is 0 Å². The van der Waals surface area contributed by atoms with E-state index in [2.05, 4.69) is 12.2 Å². The van der Waals surface area contributed by atoms with Crippen LogP contribution in [0.25, 0.3) is 0 Å². The molecule has 0 aromatic heterocycles. The second-order valence-corrected chi connectivity index (χ2v) is 8.01. The molecule has 1 N–H and O–H groups in total. The first-order valence-electron chi connectivity index (χ1n) is 7.42. The first-order valence-corrected chi connectivity index (χ1v) is 9.48. The number of hydrogen-bond donors (Lipinski definition) is 1. The van der Waals surface area contributed by atoms with Gasteiger partial charge >= 0.3 is 0 Å². The monoisotopic (exact) mass is 275 g/mol. The van der Waals surface area contributed by atoms with Crippen molar-refractivity contribution in [3.05, 3.63) is 0 Å². The molecule has 0 bridgehead atoms. The Morgan fingerprint density at radius 1 is 1.17 bits per heavy atom. The third kappa shape index (κ3) is 7.37. The van der Waals surface area contributed by atoms with E-state index in [1.165, 1.54) is 44.8 Å². The molecular formula is C14H29NO2S. The fraction of sp³-hybridized carbons (Fsp3) is 1.00. The average Bonchev–Trinajstić information content (AvgIpc) is 2.33. The largest absolute Gasteiger partial charge is 0.314 e. The molecule has 0 aliphatic heterocycles. The van der Waals surface area contributed by atoms with Gasteiger partial charge in [0.1, 0.15) is 9.84 Å². The van der Waals surface area contributed by atoms with Crippen LogP contribution in [0.1, 0.15) is 58.3 Å². The van der Waals surface area contributed by atoms with Crippen LogP contribution in [-0.4, -0.2) is 33.0 Å². The first-order chi connectivity index (χ1) is 8.51. The number of rotatable bonds is 8. The van der Waals surface area contributed by atoms with E-state index in [0.29, 0.717) is 11.8 Å². The van der Waals surface area contributed by atoms with Gasteiger partial charge in [-0.2, -0.15) is 0 Å². The third-order valence-electron chi connectivity index (χ3n) is 3.98. The molecule has 108 valence electrons. The summed E-state index contributed by atoms with van der Waals surface area (Å²) in [6.45, 7) is 3.02. The van der Waals surface area contributed by atoms with Gasteiger partial charge in [-0.1, -0.05) is 39.0 Å². The lowest BCUT2D eigenvalue weighted by molar-refractivity contribution is 0.312. The van der Waals surface area contributed by atoms with Crippen molar-refractivity contribution < 1.29 is 8.42 Å². The number of hydrogen-bond acceptors (Lipinski definition) is 3. The molecule has 4 heteroatoms. The molecule has 1 aliphatic rings. The topological polar surface area (TPSA) is 46.2 Å². The summed E-state index contributed by atoms with van der Waals surface area (Å²) < 4.78 is 22.4. The molecule has 1 unspecified atom stereocenters. The molecule has 1 atom stereocenters. The van der Waals surface area contributed by atoms with Gasteiger partial charge < -0.3 is 5.32 Å². The molecule has 1 rings (SSSR count). The van der Waals surface area contributed by atoms with Crippen molar-refractivity contribution in [2.45, 2.75) is 64.3 Å². The van der Waals surface area contributed by atoms with Crippen LogP contribution >= 0.6 is 0 Å². The maximum Gasteiger partial charge on any atom is 0.147 e. The quantitative estimate of drug-likeness (QED) is 0.741. The molecule has 0 aromatic carbocycles. The van der Waals surface area contributed by atoms with Gasteiger partial charge in [0.15, 0.2) is 0 Å². The Morgan fingerprint density at radius 2 is 1.83 bits per heavy atom. The van der Waals surface area contributed by atoms with Crippen LogP contribution < -0.4 is 5.32 Å². The zero-order chi connectivity index (χ0) is 13.4. The van der Waals surface area contributed by atoms with Gasteiger partial charge in [0, 0.05) is 12.3 Å². The number of sulfone groups is 1. The molecule has 18 heavy (non-hydrogen) atoms. The van der Waals surface area contributed by atoms with Crippen molar-refractivity contribution >= 4 is 9.84 Å². The Kier molecular flexibility index (Phi) is 7.23. The van der Waals surface area contributed by atoms with Crippen molar-refractivity contribution in [1.82, 2.24) is 5.32 Å². The molecule has 1 fully saturated rings. The van der Waals surface area contributed by atoms with E-state index in [1.807, 2.05) is 0 Å². The molecule has 0 radical (unpaired) electrons. The predicted molar refractivity (Wildman–Crippen MR) is 77.6 cm³/mol. The SMILES string of the molecule is CCNC(CCC1CCCCC1)CCS(C)(=O)=O. The van der Waals surface area contributed by atoms with E-state index in [1.54, 1.807) is 0 Å². The van der Waals surface area contributed by atoms with E-state index in [4.69, 9.17) is 0 Å². The highest BCUT2D eigenvalue weighted by atomic mass is 32.2. The van der Waals surface area contributed by atoms with Gasteiger partial charge in [0.2, 0.25) is 0 Å². The Morgan fingerprint density at radius 3 is 2.39 bits per heavy atom. The van der Waals surface area contributed by atoms with Gasteiger partial charge in [-0.25, -0.2) is 8.42 Å². The van der Waals surface area contributed by atoms with Crippen molar-refractivity contribution in [3.63, 3.8) is 0 Å². The summed E-state index contributed by atoms with van der Waals surface area (Å²) in [6, 6.07) is 0.381. The second-order valence-electron chi connectivity index (χ2n) is 5.75. The van der Waals surface area contributed by atoms with E-state index in [0.717, 1.165) is 25.3 Å². The Hall–Kier alpha value is -0.0900.